The number of benzene rings is 1. The van der Waals surface area contributed by atoms with E-state index in [0.717, 1.165) is 9.87 Å². The largest absolute Gasteiger partial charge is 0.496 e. The van der Waals surface area contributed by atoms with E-state index in [1.807, 2.05) is 18.4 Å². The normalized spacial score (nSPS) is 14.4. The number of carbonyl (C=O) groups is 1. The van der Waals surface area contributed by atoms with Crippen LogP contribution in [0, 0.1) is 0 Å². The molecule has 1 aliphatic heterocycles. The number of hydrogen-bond acceptors (Lipinski definition) is 7. The summed E-state index contributed by atoms with van der Waals surface area (Å²) >= 11 is 0. The third-order valence-corrected chi connectivity index (χ3v) is 7.95. The van der Waals surface area contributed by atoms with Gasteiger partial charge in [-0.15, -0.1) is 10.2 Å². The van der Waals surface area contributed by atoms with Crippen molar-refractivity contribution < 1.29 is 31.1 Å². The van der Waals surface area contributed by atoms with Gasteiger partial charge in [0.2, 0.25) is 10.0 Å². The van der Waals surface area contributed by atoms with Gasteiger partial charge in [-0.1, -0.05) is 6.07 Å². The fourth-order valence-electron chi connectivity index (χ4n) is 4.13. The molecule has 0 bridgehead atoms. The fraction of sp³-hybridized carbons (Fsp3) is 0.417. The topological polar surface area (TPSA) is 119 Å². The average Bonchev–Trinajstić information content (AvgIpc) is 3.37. The van der Waals surface area contributed by atoms with Gasteiger partial charge in [-0.25, -0.2) is 13.4 Å². The number of amides is 1. The summed E-state index contributed by atoms with van der Waals surface area (Å²) in [6.45, 7) is 3.85. The van der Waals surface area contributed by atoms with Crippen LogP contribution in [0.4, 0.5) is 19.0 Å². The molecule has 1 N–H and O–H groups in total. The van der Waals surface area contributed by atoms with Crippen molar-refractivity contribution in [3.05, 3.63) is 53.3 Å². The minimum atomic E-state index is -4.57. The van der Waals surface area contributed by atoms with Gasteiger partial charge in [0.05, 0.1) is 24.8 Å². The number of anilines is 1. The first-order chi connectivity index (χ1) is 17.9. The molecular formula is C24H27F3N6O4S. The molecule has 1 aliphatic rings. The quantitative estimate of drug-likeness (QED) is 0.451. The Balaban J connectivity index is 1.57. The first kappa shape index (κ1) is 27.5. The number of methoxy groups -OCH3 is 1. The van der Waals surface area contributed by atoms with Crippen molar-refractivity contribution in [3.63, 3.8) is 0 Å². The van der Waals surface area contributed by atoms with Gasteiger partial charge in [-0.05, 0) is 55.7 Å². The minimum Gasteiger partial charge on any atom is -0.496 e. The van der Waals surface area contributed by atoms with Crippen LogP contribution in [0.1, 0.15) is 47.8 Å². The Morgan fingerprint density at radius 2 is 1.97 bits per heavy atom. The molecule has 2 aromatic heterocycles. The summed E-state index contributed by atoms with van der Waals surface area (Å²) in [6.07, 6.45) is -4.12. The number of carbonyl (C=O) groups excluding carboxylic acids is 1. The lowest BCUT2D eigenvalue weighted by Gasteiger charge is -2.29. The van der Waals surface area contributed by atoms with Crippen molar-refractivity contribution >= 4 is 21.7 Å². The number of rotatable bonds is 8. The Bertz CT molecular complexity index is 1440. The summed E-state index contributed by atoms with van der Waals surface area (Å²) in [5, 5.41) is 10.8. The van der Waals surface area contributed by atoms with E-state index < -0.39 is 34.3 Å². The van der Waals surface area contributed by atoms with Gasteiger partial charge in [0, 0.05) is 19.1 Å². The van der Waals surface area contributed by atoms with Crippen molar-refractivity contribution in [2.75, 3.05) is 24.7 Å². The summed E-state index contributed by atoms with van der Waals surface area (Å²) < 4.78 is 71.1. The van der Waals surface area contributed by atoms with Crippen LogP contribution in [0.3, 0.4) is 0 Å². The highest BCUT2D eigenvalue weighted by Crippen LogP contribution is 2.31. The van der Waals surface area contributed by atoms with Gasteiger partial charge in [0.25, 0.3) is 5.91 Å². The molecule has 1 aromatic carbocycles. The Hall–Kier alpha value is -3.52. The number of ether oxygens (including phenoxy) is 1. The second kappa shape index (κ2) is 10.7. The average molecular weight is 553 g/mol. The van der Waals surface area contributed by atoms with Crippen molar-refractivity contribution in [3.8, 4) is 17.3 Å². The maximum absolute atomic E-state index is 13.2. The molecule has 0 atom stereocenters. The number of aromatic nitrogens is 4. The van der Waals surface area contributed by atoms with Crippen LogP contribution < -0.4 is 10.1 Å². The zero-order valence-corrected chi connectivity index (χ0v) is 21.8. The molecule has 3 aromatic rings. The van der Waals surface area contributed by atoms with E-state index in [-0.39, 0.29) is 42.7 Å². The lowest BCUT2D eigenvalue weighted by atomic mass is 9.97. The maximum Gasteiger partial charge on any atom is 0.390 e. The third kappa shape index (κ3) is 6.13. The van der Waals surface area contributed by atoms with Gasteiger partial charge >= 0.3 is 6.18 Å². The first-order valence-corrected chi connectivity index (χ1v) is 13.4. The van der Waals surface area contributed by atoms with E-state index in [4.69, 9.17) is 4.74 Å². The van der Waals surface area contributed by atoms with Crippen LogP contribution in [0.2, 0.25) is 0 Å². The molecule has 0 spiro atoms. The number of nitrogens with one attached hydrogen (secondary N) is 1. The van der Waals surface area contributed by atoms with E-state index in [2.05, 4.69) is 20.5 Å². The molecule has 0 radical (unpaired) electrons. The number of nitrogens with zero attached hydrogens (tertiary/aromatic N) is 5. The maximum atomic E-state index is 13.2. The molecule has 0 saturated heterocycles. The van der Waals surface area contributed by atoms with E-state index >= 15 is 0 Å². The third-order valence-electron chi connectivity index (χ3n) is 6.13. The van der Waals surface area contributed by atoms with E-state index in [0.29, 0.717) is 17.1 Å². The molecular weight excluding hydrogens is 525 g/mol. The number of fused-ring (bicyclic) bond motifs is 1. The van der Waals surface area contributed by atoms with Crippen LogP contribution in [0.25, 0.3) is 11.5 Å². The number of hydrogen-bond donors (Lipinski definition) is 1. The lowest BCUT2D eigenvalue weighted by Crippen LogP contribution is -2.38. The Morgan fingerprint density at radius 3 is 2.66 bits per heavy atom. The zero-order chi connectivity index (χ0) is 27.7. The van der Waals surface area contributed by atoms with Crippen LogP contribution in [0.15, 0.2) is 36.7 Å². The molecule has 38 heavy (non-hydrogen) atoms. The summed E-state index contributed by atoms with van der Waals surface area (Å²) in [4.78, 5) is 17.7. The molecule has 10 nitrogen and oxygen atoms in total. The van der Waals surface area contributed by atoms with Crippen molar-refractivity contribution in [2.45, 2.75) is 45.5 Å². The molecule has 0 saturated carbocycles. The molecule has 1 amide bonds. The smallest absolute Gasteiger partial charge is 0.390 e. The molecule has 14 heteroatoms. The Labute approximate surface area is 217 Å². The molecule has 0 fully saturated rings. The second-order valence-corrected chi connectivity index (χ2v) is 11.2. The minimum absolute atomic E-state index is 0.0413. The van der Waals surface area contributed by atoms with Crippen molar-refractivity contribution in [1.82, 2.24) is 24.1 Å². The summed E-state index contributed by atoms with van der Waals surface area (Å²) in [5.41, 5.74) is 1.92. The van der Waals surface area contributed by atoms with Gasteiger partial charge in [-0.3, -0.25) is 4.79 Å². The predicted octanol–water partition coefficient (Wildman–Crippen LogP) is 3.82. The van der Waals surface area contributed by atoms with E-state index in [1.165, 1.54) is 13.2 Å². The Kier molecular flexibility index (Phi) is 7.74. The standard InChI is InChI=1S/C24H27F3N6O4S/c1-15(2)33-14-28-31-22(33)19-5-4-6-21(29-19)30-23(34)18-11-17-13-32(9-7-16(17)12-20(18)37-3)38(35,36)10-8-24(25,26)27/h4-6,11-12,14-15H,7-10,13H2,1-3H3,(H,29,30,34). The van der Waals surface area contributed by atoms with E-state index in [1.54, 1.807) is 30.6 Å². The number of alkyl halides is 3. The highest BCUT2D eigenvalue weighted by molar-refractivity contribution is 7.89. The second-order valence-electron chi connectivity index (χ2n) is 9.10. The number of sulfonamides is 1. The summed E-state index contributed by atoms with van der Waals surface area (Å²) in [5.74, 6) is -0.500. The lowest BCUT2D eigenvalue weighted by molar-refractivity contribution is -0.130. The first-order valence-electron chi connectivity index (χ1n) is 11.8. The molecule has 3 heterocycles. The predicted molar refractivity (Wildman–Crippen MR) is 133 cm³/mol. The summed E-state index contributed by atoms with van der Waals surface area (Å²) in [7, 11) is -2.72. The van der Waals surface area contributed by atoms with Crippen LogP contribution in [0.5, 0.6) is 5.75 Å². The van der Waals surface area contributed by atoms with Gasteiger partial charge in [0.1, 0.15) is 23.6 Å². The number of pyridine rings is 1. The fourth-order valence-corrected chi connectivity index (χ4v) is 5.59. The SMILES string of the molecule is COc1cc2c(cc1C(=O)Nc1cccc(-c3nncn3C(C)C)n1)CN(S(=O)(=O)CCC(F)(F)F)CC2. The summed E-state index contributed by atoms with van der Waals surface area (Å²) in [6, 6.07) is 8.32. The molecule has 4 rings (SSSR count). The zero-order valence-electron chi connectivity index (χ0n) is 21.0. The molecule has 204 valence electrons. The van der Waals surface area contributed by atoms with Crippen LogP contribution in [-0.2, 0) is 23.0 Å². The molecule has 0 unspecified atom stereocenters. The number of halogens is 3. The highest BCUT2D eigenvalue weighted by Gasteiger charge is 2.34. The van der Waals surface area contributed by atoms with Crippen molar-refractivity contribution in [1.29, 1.82) is 0 Å². The van der Waals surface area contributed by atoms with Crippen LogP contribution in [-0.4, -0.2) is 64.0 Å². The van der Waals surface area contributed by atoms with Crippen molar-refractivity contribution in [2.24, 2.45) is 0 Å². The monoisotopic (exact) mass is 552 g/mol. The van der Waals surface area contributed by atoms with Crippen LogP contribution >= 0.6 is 0 Å². The highest BCUT2D eigenvalue weighted by atomic mass is 32.2. The Morgan fingerprint density at radius 1 is 1.21 bits per heavy atom. The van der Waals surface area contributed by atoms with Gasteiger partial charge in [-0.2, -0.15) is 17.5 Å². The molecule has 0 aliphatic carbocycles. The van der Waals surface area contributed by atoms with Gasteiger partial charge < -0.3 is 14.6 Å². The van der Waals surface area contributed by atoms with E-state index in [9.17, 15) is 26.4 Å². The van der Waals surface area contributed by atoms with Gasteiger partial charge in [0.15, 0.2) is 5.82 Å².